The highest BCUT2D eigenvalue weighted by atomic mass is 16.7. The maximum absolute atomic E-state index is 11.0. The highest BCUT2D eigenvalue weighted by Crippen LogP contribution is 2.28. The molecular weight excluding hydrogens is 588 g/mol. The van der Waals surface area contributed by atoms with Crippen LogP contribution < -0.4 is 0 Å². The van der Waals surface area contributed by atoms with Crippen molar-refractivity contribution in [2.24, 2.45) is 0 Å². The predicted molar refractivity (Wildman–Crippen MR) is 198 cm³/mol. The molecule has 5 atom stereocenters. The van der Waals surface area contributed by atoms with E-state index >= 15 is 0 Å². The molecule has 6 nitrogen and oxygen atoms in total. The first-order chi connectivity index (χ1) is 23.2. The first-order valence-electron chi connectivity index (χ1n) is 21.0. The van der Waals surface area contributed by atoms with E-state index in [1.165, 1.54) is 154 Å². The van der Waals surface area contributed by atoms with Crippen LogP contribution in [0.2, 0.25) is 0 Å². The summed E-state index contributed by atoms with van der Waals surface area (Å²) in [5.41, 5.74) is 0. The van der Waals surface area contributed by atoms with Crippen molar-refractivity contribution in [1.29, 1.82) is 0 Å². The minimum Gasteiger partial charge on any atom is -0.394 e. The number of rotatable bonds is 36. The third kappa shape index (κ3) is 24.5. The normalized spacial score (nSPS) is 21.5. The average molecular weight is 671 g/mol. The largest absolute Gasteiger partial charge is 0.394 e. The summed E-state index contributed by atoms with van der Waals surface area (Å²) in [4.78, 5) is 0. The van der Waals surface area contributed by atoms with E-state index in [9.17, 15) is 10.2 Å². The van der Waals surface area contributed by atoms with Gasteiger partial charge in [-0.1, -0.05) is 188 Å². The van der Waals surface area contributed by atoms with Gasteiger partial charge < -0.3 is 29.2 Å². The van der Waals surface area contributed by atoms with Crippen molar-refractivity contribution in [1.82, 2.24) is 0 Å². The second-order valence-electron chi connectivity index (χ2n) is 14.5. The van der Waals surface area contributed by atoms with Crippen LogP contribution in [0.25, 0.3) is 0 Å². The quantitative estimate of drug-likeness (QED) is 0.0646. The Balaban J connectivity index is 2.25. The maximum Gasteiger partial charge on any atom is 0.186 e. The number of ether oxygens (including phenoxy) is 4. The minimum absolute atomic E-state index is 0.266. The molecule has 0 bridgehead atoms. The van der Waals surface area contributed by atoms with Crippen LogP contribution in [0.3, 0.4) is 0 Å². The standard InChI is InChI=1S/C41H82O6/c1-4-7-9-11-13-15-17-19-21-23-25-27-29-31-34-44-39-38(43)37(36-42)47-41(46-33-6-3)40(39)45-35-32-30-28-26-24-22-20-18-16-14-12-10-8-5-2/h37-43H,4-36H2,1-3H3/t37-,38-,39+,40+,41+/m1/s1. The average Bonchev–Trinajstić information content (AvgIpc) is 3.08. The fourth-order valence-corrected chi connectivity index (χ4v) is 6.81. The lowest BCUT2D eigenvalue weighted by Crippen LogP contribution is -2.61. The molecule has 1 fully saturated rings. The van der Waals surface area contributed by atoms with Crippen LogP contribution in [0.1, 0.15) is 207 Å². The van der Waals surface area contributed by atoms with Gasteiger partial charge in [0.2, 0.25) is 0 Å². The highest BCUT2D eigenvalue weighted by Gasteiger charge is 2.47. The SMILES string of the molecule is CCCCCCCCCCCCCCCCO[C@@H]1[C@@H](OCCC)O[C@H](CO)[C@@H](O)[C@@H]1OCCCCCCCCCCCCCCCC. The molecule has 2 N–H and O–H groups in total. The zero-order valence-corrected chi connectivity index (χ0v) is 31.7. The van der Waals surface area contributed by atoms with Gasteiger partial charge in [-0.2, -0.15) is 0 Å². The van der Waals surface area contributed by atoms with Crippen molar-refractivity contribution >= 4 is 0 Å². The Morgan fingerprint density at radius 3 is 1.09 bits per heavy atom. The number of unbranched alkanes of at least 4 members (excludes halogenated alkanes) is 26. The van der Waals surface area contributed by atoms with Crippen LogP contribution in [0.15, 0.2) is 0 Å². The molecule has 282 valence electrons. The minimum atomic E-state index is -0.936. The van der Waals surface area contributed by atoms with Crippen molar-refractivity contribution in [3.8, 4) is 0 Å². The molecule has 47 heavy (non-hydrogen) atoms. The second kappa shape index (κ2) is 34.2. The molecule has 0 amide bonds. The van der Waals surface area contributed by atoms with E-state index in [-0.39, 0.29) is 6.61 Å². The van der Waals surface area contributed by atoms with Gasteiger partial charge in [0.15, 0.2) is 6.29 Å². The van der Waals surface area contributed by atoms with Crippen LogP contribution in [0.5, 0.6) is 0 Å². The summed E-state index contributed by atoms with van der Waals surface area (Å²) in [6, 6.07) is 0. The zero-order valence-electron chi connectivity index (χ0n) is 31.7. The Bertz CT molecular complexity index is 619. The lowest BCUT2D eigenvalue weighted by atomic mass is 9.98. The first-order valence-corrected chi connectivity index (χ1v) is 21.0. The van der Waals surface area contributed by atoms with Gasteiger partial charge in [-0.25, -0.2) is 0 Å². The monoisotopic (exact) mass is 671 g/mol. The number of aliphatic hydroxyl groups excluding tert-OH is 2. The molecule has 1 saturated heterocycles. The van der Waals surface area contributed by atoms with E-state index in [0.717, 1.165) is 32.1 Å². The Kier molecular flexibility index (Phi) is 32.6. The highest BCUT2D eigenvalue weighted by molar-refractivity contribution is 4.91. The summed E-state index contributed by atoms with van der Waals surface area (Å²) in [7, 11) is 0. The molecule has 1 aliphatic heterocycles. The molecule has 0 aromatic carbocycles. The van der Waals surface area contributed by atoms with Gasteiger partial charge in [-0.3, -0.25) is 0 Å². The molecule has 1 rings (SSSR count). The summed E-state index contributed by atoms with van der Waals surface area (Å²) in [6.45, 7) is 8.09. The Morgan fingerprint density at radius 2 is 0.745 bits per heavy atom. The van der Waals surface area contributed by atoms with E-state index in [4.69, 9.17) is 18.9 Å². The fourth-order valence-electron chi connectivity index (χ4n) is 6.81. The predicted octanol–water partition coefficient (Wildman–Crippen LogP) is 11.2. The van der Waals surface area contributed by atoms with Gasteiger partial charge in [0.1, 0.15) is 24.4 Å². The molecule has 6 heteroatoms. The maximum atomic E-state index is 11.0. The van der Waals surface area contributed by atoms with E-state index in [1.54, 1.807) is 0 Å². The Morgan fingerprint density at radius 1 is 0.404 bits per heavy atom. The second-order valence-corrected chi connectivity index (χ2v) is 14.5. The van der Waals surface area contributed by atoms with Crippen LogP contribution in [0, 0.1) is 0 Å². The van der Waals surface area contributed by atoms with Gasteiger partial charge in [0.25, 0.3) is 0 Å². The summed E-state index contributed by atoms with van der Waals surface area (Å²) >= 11 is 0. The molecule has 0 saturated carbocycles. The van der Waals surface area contributed by atoms with Crippen LogP contribution in [-0.2, 0) is 18.9 Å². The summed E-state index contributed by atoms with van der Waals surface area (Å²) in [5.74, 6) is 0. The topological polar surface area (TPSA) is 77.4 Å². The summed E-state index contributed by atoms with van der Waals surface area (Å²) in [6.07, 6.45) is 34.5. The van der Waals surface area contributed by atoms with E-state index in [1.807, 2.05) is 0 Å². The molecule has 0 spiro atoms. The fraction of sp³-hybridized carbons (Fsp3) is 1.00. The number of aliphatic hydroxyl groups is 2. The van der Waals surface area contributed by atoms with Gasteiger partial charge in [-0.15, -0.1) is 0 Å². The Hall–Kier alpha value is -0.240. The van der Waals surface area contributed by atoms with Gasteiger partial charge >= 0.3 is 0 Å². The van der Waals surface area contributed by atoms with E-state index < -0.39 is 30.7 Å². The molecule has 1 aliphatic rings. The van der Waals surface area contributed by atoms with E-state index in [2.05, 4.69) is 20.8 Å². The van der Waals surface area contributed by atoms with Crippen LogP contribution in [0.4, 0.5) is 0 Å². The van der Waals surface area contributed by atoms with E-state index in [0.29, 0.717) is 19.8 Å². The van der Waals surface area contributed by atoms with Crippen LogP contribution >= 0.6 is 0 Å². The lowest BCUT2D eigenvalue weighted by molar-refractivity contribution is -0.316. The molecule has 0 aromatic heterocycles. The van der Waals surface area contributed by atoms with Crippen molar-refractivity contribution in [2.75, 3.05) is 26.4 Å². The van der Waals surface area contributed by atoms with Crippen molar-refractivity contribution < 1.29 is 29.2 Å². The Labute approximate surface area is 292 Å². The first kappa shape index (κ1) is 44.8. The van der Waals surface area contributed by atoms with Gasteiger partial charge in [0.05, 0.1) is 6.61 Å². The molecule has 0 aromatic rings. The summed E-state index contributed by atoms with van der Waals surface area (Å²) < 4.78 is 24.6. The van der Waals surface area contributed by atoms with Crippen molar-refractivity contribution in [3.05, 3.63) is 0 Å². The lowest BCUT2D eigenvalue weighted by Gasteiger charge is -2.43. The third-order valence-corrected chi connectivity index (χ3v) is 9.90. The van der Waals surface area contributed by atoms with Gasteiger partial charge in [-0.05, 0) is 19.3 Å². The molecule has 0 radical (unpaired) electrons. The molecular formula is C41H82O6. The molecule has 0 unspecified atom stereocenters. The number of hydrogen-bond donors (Lipinski definition) is 2. The molecule has 1 heterocycles. The third-order valence-electron chi connectivity index (χ3n) is 9.90. The van der Waals surface area contributed by atoms with Crippen molar-refractivity contribution in [3.63, 3.8) is 0 Å². The smallest absolute Gasteiger partial charge is 0.186 e. The van der Waals surface area contributed by atoms with Crippen molar-refractivity contribution in [2.45, 2.75) is 238 Å². The number of hydrogen-bond acceptors (Lipinski definition) is 6. The molecule has 0 aliphatic carbocycles. The summed E-state index contributed by atoms with van der Waals surface area (Å²) in [5, 5.41) is 20.9. The van der Waals surface area contributed by atoms with Crippen LogP contribution in [-0.4, -0.2) is 67.3 Å². The zero-order chi connectivity index (χ0) is 34.0. The van der Waals surface area contributed by atoms with Gasteiger partial charge in [0, 0.05) is 19.8 Å².